The molecule has 1 aliphatic rings. The average Bonchev–Trinajstić information content (AvgIpc) is 2.67. The van der Waals surface area contributed by atoms with Crippen LogP contribution in [0.3, 0.4) is 0 Å². The standard InChI is InChI=1S/C24H27F3/c1-3-4-20-13-10-18(15-22(20)25)7-6-17-8-11-19(12-9-17)21-14-5-16(2)23(26)24(21)27/h5-7,10,13-15,17,19H,3-4,8-9,11-12H2,1-2H3. The van der Waals surface area contributed by atoms with Gasteiger partial charge in [-0.3, -0.25) is 0 Å². The van der Waals surface area contributed by atoms with Gasteiger partial charge in [-0.15, -0.1) is 0 Å². The van der Waals surface area contributed by atoms with E-state index < -0.39 is 11.6 Å². The Kier molecular flexibility index (Phi) is 6.41. The van der Waals surface area contributed by atoms with Gasteiger partial charge in [0, 0.05) is 0 Å². The van der Waals surface area contributed by atoms with Crippen molar-refractivity contribution in [1.29, 1.82) is 0 Å². The molecule has 2 aromatic carbocycles. The summed E-state index contributed by atoms with van der Waals surface area (Å²) in [5, 5.41) is 0. The van der Waals surface area contributed by atoms with E-state index in [1.165, 1.54) is 0 Å². The van der Waals surface area contributed by atoms with Crippen molar-refractivity contribution in [3.63, 3.8) is 0 Å². The summed E-state index contributed by atoms with van der Waals surface area (Å²) in [6.45, 7) is 3.63. The smallest absolute Gasteiger partial charge is 0.162 e. The lowest BCUT2D eigenvalue weighted by Gasteiger charge is -2.27. The van der Waals surface area contributed by atoms with Gasteiger partial charge < -0.3 is 0 Å². The molecule has 0 bridgehead atoms. The van der Waals surface area contributed by atoms with Gasteiger partial charge in [-0.1, -0.05) is 49.8 Å². The van der Waals surface area contributed by atoms with Crippen LogP contribution in [0.5, 0.6) is 0 Å². The minimum Gasteiger partial charge on any atom is -0.207 e. The van der Waals surface area contributed by atoms with Gasteiger partial charge in [0.2, 0.25) is 0 Å². The van der Waals surface area contributed by atoms with E-state index in [0.717, 1.165) is 49.7 Å². The van der Waals surface area contributed by atoms with Crippen LogP contribution < -0.4 is 0 Å². The van der Waals surface area contributed by atoms with Gasteiger partial charge in [0.15, 0.2) is 11.6 Å². The second-order valence-electron chi connectivity index (χ2n) is 7.67. The maximum atomic E-state index is 14.2. The van der Waals surface area contributed by atoms with Gasteiger partial charge in [0.25, 0.3) is 0 Å². The maximum Gasteiger partial charge on any atom is 0.162 e. The van der Waals surface area contributed by atoms with E-state index in [-0.39, 0.29) is 11.7 Å². The zero-order chi connectivity index (χ0) is 19.4. The lowest BCUT2D eigenvalue weighted by Crippen LogP contribution is -2.13. The summed E-state index contributed by atoms with van der Waals surface area (Å²) in [5.74, 6) is -1.06. The molecule has 2 aromatic rings. The van der Waals surface area contributed by atoms with Gasteiger partial charge in [0.05, 0.1) is 0 Å². The largest absolute Gasteiger partial charge is 0.207 e. The van der Waals surface area contributed by atoms with E-state index in [2.05, 4.69) is 6.08 Å². The van der Waals surface area contributed by atoms with Gasteiger partial charge in [-0.25, -0.2) is 13.2 Å². The van der Waals surface area contributed by atoms with Crippen LogP contribution in [-0.4, -0.2) is 0 Å². The average molecular weight is 372 g/mol. The molecule has 0 aliphatic heterocycles. The Bertz CT molecular complexity index is 815. The molecule has 3 heteroatoms. The van der Waals surface area contributed by atoms with Crippen molar-refractivity contribution in [2.45, 2.75) is 58.3 Å². The summed E-state index contributed by atoms with van der Waals surface area (Å²) in [5.41, 5.74) is 2.50. The topological polar surface area (TPSA) is 0 Å². The Labute approximate surface area is 160 Å². The molecule has 0 saturated heterocycles. The summed E-state index contributed by atoms with van der Waals surface area (Å²) in [6.07, 6.45) is 9.37. The molecule has 27 heavy (non-hydrogen) atoms. The molecule has 0 atom stereocenters. The van der Waals surface area contributed by atoms with Crippen molar-refractivity contribution >= 4 is 6.08 Å². The summed E-state index contributed by atoms with van der Waals surface area (Å²) in [7, 11) is 0. The minimum atomic E-state index is -0.719. The molecule has 3 rings (SSSR count). The Balaban J connectivity index is 1.60. The van der Waals surface area contributed by atoms with Crippen molar-refractivity contribution in [2.24, 2.45) is 5.92 Å². The van der Waals surface area contributed by atoms with Gasteiger partial charge in [-0.2, -0.15) is 0 Å². The van der Waals surface area contributed by atoms with E-state index in [0.29, 0.717) is 17.0 Å². The molecule has 0 amide bonds. The highest BCUT2D eigenvalue weighted by molar-refractivity contribution is 5.50. The molecule has 0 N–H and O–H groups in total. The maximum absolute atomic E-state index is 14.2. The molecule has 144 valence electrons. The van der Waals surface area contributed by atoms with Crippen molar-refractivity contribution in [2.75, 3.05) is 0 Å². The van der Waals surface area contributed by atoms with Crippen molar-refractivity contribution in [3.05, 3.63) is 76.1 Å². The molecule has 1 saturated carbocycles. The number of halogens is 3. The first-order valence-corrected chi connectivity index (χ1v) is 9.90. The SMILES string of the molecule is CCCc1ccc(C=CC2CCC(c3ccc(C)c(F)c3F)CC2)cc1F. The number of allylic oxidation sites excluding steroid dienone is 1. The van der Waals surface area contributed by atoms with Crippen LogP contribution in [0.25, 0.3) is 6.08 Å². The first kappa shape index (κ1) is 19.7. The fourth-order valence-corrected chi connectivity index (χ4v) is 3.99. The molecule has 0 aromatic heterocycles. The second kappa shape index (κ2) is 8.77. The Hall–Kier alpha value is -2.03. The van der Waals surface area contributed by atoms with Crippen LogP contribution in [0.15, 0.2) is 36.4 Å². The zero-order valence-corrected chi connectivity index (χ0v) is 16.1. The lowest BCUT2D eigenvalue weighted by molar-refractivity contribution is 0.364. The summed E-state index contributed by atoms with van der Waals surface area (Å²) >= 11 is 0. The van der Waals surface area contributed by atoms with Gasteiger partial charge in [0.1, 0.15) is 5.82 Å². The summed E-state index contributed by atoms with van der Waals surface area (Å²) < 4.78 is 42.1. The van der Waals surface area contributed by atoms with Crippen LogP contribution in [0.1, 0.15) is 67.2 Å². The molecule has 0 heterocycles. The highest BCUT2D eigenvalue weighted by atomic mass is 19.2. The second-order valence-corrected chi connectivity index (χ2v) is 7.67. The summed E-state index contributed by atoms with van der Waals surface area (Å²) in [4.78, 5) is 0. The van der Waals surface area contributed by atoms with E-state index in [4.69, 9.17) is 0 Å². The molecule has 0 nitrogen and oxygen atoms in total. The van der Waals surface area contributed by atoms with Crippen LogP contribution in [0.2, 0.25) is 0 Å². The number of benzene rings is 2. The van der Waals surface area contributed by atoms with Crippen molar-refractivity contribution in [1.82, 2.24) is 0 Å². The first-order chi connectivity index (χ1) is 13.0. The highest BCUT2D eigenvalue weighted by Gasteiger charge is 2.24. The molecular weight excluding hydrogens is 345 g/mol. The van der Waals surface area contributed by atoms with Crippen LogP contribution in [0.4, 0.5) is 13.2 Å². The third-order valence-electron chi connectivity index (χ3n) is 5.67. The van der Waals surface area contributed by atoms with Crippen molar-refractivity contribution < 1.29 is 13.2 Å². The predicted octanol–water partition coefficient (Wildman–Crippen LogP) is 7.35. The predicted molar refractivity (Wildman–Crippen MR) is 105 cm³/mol. The highest BCUT2D eigenvalue weighted by Crippen LogP contribution is 2.38. The fourth-order valence-electron chi connectivity index (χ4n) is 3.99. The van der Waals surface area contributed by atoms with E-state index in [1.807, 2.05) is 25.1 Å². The normalized spacial score (nSPS) is 20.3. The molecule has 0 spiro atoms. The lowest BCUT2D eigenvalue weighted by atomic mass is 9.78. The number of rotatable bonds is 5. The van der Waals surface area contributed by atoms with E-state index in [1.54, 1.807) is 25.1 Å². The quantitative estimate of drug-likeness (QED) is 0.514. The number of hydrogen-bond acceptors (Lipinski definition) is 0. The third-order valence-corrected chi connectivity index (χ3v) is 5.67. The third kappa shape index (κ3) is 4.63. The fraction of sp³-hybridized carbons (Fsp3) is 0.417. The molecule has 1 aliphatic carbocycles. The molecular formula is C24H27F3. The van der Waals surface area contributed by atoms with Crippen LogP contribution in [-0.2, 0) is 6.42 Å². The van der Waals surface area contributed by atoms with E-state index in [9.17, 15) is 13.2 Å². The Morgan fingerprint density at radius 2 is 1.70 bits per heavy atom. The molecule has 1 fully saturated rings. The molecule has 0 radical (unpaired) electrons. The Morgan fingerprint density at radius 1 is 0.963 bits per heavy atom. The van der Waals surface area contributed by atoms with Crippen LogP contribution >= 0.6 is 0 Å². The van der Waals surface area contributed by atoms with Crippen molar-refractivity contribution in [3.8, 4) is 0 Å². The monoisotopic (exact) mass is 372 g/mol. The molecule has 0 unspecified atom stereocenters. The van der Waals surface area contributed by atoms with Crippen LogP contribution in [0, 0.1) is 30.3 Å². The zero-order valence-electron chi connectivity index (χ0n) is 16.1. The number of aryl methyl sites for hydroxylation is 2. The van der Waals surface area contributed by atoms with Gasteiger partial charge in [-0.05, 0) is 79.2 Å². The van der Waals surface area contributed by atoms with Gasteiger partial charge >= 0.3 is 0 Å². The first-order valence-electron chi connectivity index (χ1n) is 9.90. The summed E-state index contributed by atoms with van der Waals surface area (Å²) in [6, 6.07) is 8.81. The number of hydrogen-bond donors (Lipinski definition) is 0. The Morgan fingerprint density at radius 3 is 2.37 bits per heavy atom. The minimum absolute atomic E-state index is 0.0792. The van der Waals surface area contributed by atoms with E-state index >= 15 is 0 Å².